The fourth-order valence-electron chi connectivity index (χ4n) is 2.29. The molecule has 1 unspecified atom stereocenters. The van der Waals surface area contributed by atoms with Gasteiger partial charge in [0.25, 0.3) is 0 Å². The lowest BCUT2D eigenvalue weighted by molar-refractivity contribution is 0.194. The molecule has 1 aliphatic rings. The highest BCUT2D eigenvalue weighted by Gasteiger charge is 2.32. The van der Waals surface area contributed by atoms with Gasteiger partial charge in [0.05, 0.1) is 24.5 Å². The number of hydrogen-bond donors (Lipinski definition) is 1. The van der Waals surface area contributed by atoms with Gasteiger partial charge in [-0.3, -0.25) is 9.54 Å². The minimum atomic E-state index is -2.05. The van der Waals surface area contributed by atoms with Gasteiger partial charge in [-0.1, -0.05) is 0 Å². The van der Waals surface area contributed by atoms with Gasteiger partial charge in [-0.2, -0.15) is 4.31 Å². The molecule has 5 nitrogen and oxygen atoms in total. The van der Waals surface area contributed by atoms with E-state index in [9.17, 15) is 8.76 Å². The Balaban J connectivity index is 2.06. The van der Waals surface area contributed by atoms with Gasteiger partial charge < -0.3 is 4.74 Å². The summed E-state index contributed by atoms with van der Waals surface area (Å²) in [6.07, 6.45) is 4.20. The van der Waals surface area contributed by atoms with Gasteiger partial charge >= 0.3 is 0 Å². The van der Waals surface area contributed by atoms with E-state index in [0.29, 0.717) is 5.92 Å². The van der Waals surface area contributed by atoms with Crippen LogP contribution < -0.4 is 4.74 Å². The first-order chi connectivity index (χ1) is 9.79. The van der Waals surface area contributed by atoms with Crippen molar-refractivity contribution in [3.05, 3.63) is 24.0 Å². The molecule has 1 aliphatic carbocycles. The highest BCUT2D eigenvalue weighted by atomic mass is 32.2. The van der Waals surface area contributed by atoms with Crippen molar-refractivity contribution in [1.29, 1.82) is 0 Å². The maximum atomic E-state index is 11.6. The fourth-order valence-corrected chi connectivity index (χ4v) is 3.14. The third kappa shape index (κ3) is 4.49. The summed E-state index contributed by atoms with van der Waals surface area (Å²) in [5.74, 6) is 1.46. The molecular formula is C15H24N2O3S. The van der Waals surface area contributed by atoms with Gasteiger partial charge in [0.2, 0.25) is 11.3 Å². The Bertz CT molecular complexity index is 495. The first-order valence-corrected chi connectivity index (χ1v) is 8.34. The Kier molecular flexibility index (Phi) is 5.01. The van der Waals surface area contributed by atoms with E-state index >= 15 is 0 Å². The largest absolute Gasteiger partial charge is 0.492 e. The van der Waals surface area contributed by atoms with Gasteiger partial charge in [-0.15, -0.1) is 0 Å². The lowest BCUT2D eigenvalue weighted by atomic mass is 10.1. The molecule has 2 rings (SSSR count). The van der Waals surface area contributed by atoms with Crippen molar-refractivity contribution in [1.82, 2.24) is 9.29 Å². The Morgan fingerprint density at radius 1 is 1.48 bits per heavy atom. The third-order valence-corrected chi connectivity index (χ3v) is 4.75. The zero-order chi connectivity index (χ0) is 15.6. The molecule has 0 bridgehead atoms. The van der Waals surface area contributed by atoms with E-state index in [1.54, 1.807) is 6.20 Å². The second kappa shape index (κ2) is 6.42. The van der Waals surface area contributed by atoms with E-state index < -0.39 is 16.8 Å². The van der Waals surface area contributed by atoms with Crippen LogP contribution in [0, 0.1) is 5.92 Å². The molecule has 0 saturated heterocycles. The average molecular weight is 312 g/mol. The topological polar surface area (TPSA) is 62.7 Å². The van der Waals surface area contributed by atoms with Gasteiger partial charge in [-0.05, 0) is 58.6 Å². The van der Waals surface area contributed by atoms with E-state index in [1.165, 1.54) is 17.1 Å². The maximum Gasteiger partial charge on any atom is 0.235 e. The third-order valence-electron chi connectivity index (χ3n) is 3.55. The smallest absolute Gasteiger partial charge is 0.235 e. The van der Waals surface area contributed by atoms with Crippen molar-refractivity contribution >= 4 is 11.3 Å². The van der Waals surface area contributed by atoms with Crippen molar-refractivity contribution in [2.45, 2.75) is 52.1 Å². The minimum absolute atomic E-state index is 0.256. The van der Waals surface area contributed by atoms with Crippen molar-refractivity contribution < 1.29 is 13.5 Å². The molecule has 1 saturated carbocycles. The summed E-state index contributed by atoms with van der Waals surface area (Å²) in [5.41, 5.74) is 0.327. The van der Waals surface area contributed by atoms with Gasteiger partial charge in [-0.25, -0.2) is 4.21 Å². The SMILES string of the molecule is C[C@H](c1ccc(OCC2CC2)cn1)N(S(=O)O)C(C)(C)C. The van der Waals surface area contributed by atoms with Crippen molar-refractivity contribution in [3.63, 3.8) is 0 Å². The molecular weight excluding hydrogens is 288 g/mol. The van der Waals surface area contributed by atoms with E-state index in [1.807, 2.05) is 39.8 Å². The van der Waals surface area contributed by atoms with Crippen LogP contribution in [0.4, 0.5) is 0 Å². The molecule has 1 aromatic heterocycles. The summed E-state index contributed by atoms with van der Waals surface area (Å²) in [6.45, 7) is 8.36. The van der Waals surface area contributed by atoms with Crippen molar-refractivity contribution in [3.8, 4) is 5.75 Å². The first kappa shape index (κ1) is 16.4. The predicted molar refractivity (Wildman–Crippen MR) is 83.2 cm³/mol. The number of pyridine rings is 1. The molecule has 0 aromatic carbocycles. The lowest BCUT2D eigenvalue weighted by Crippen LogP contribution is -2.44. The van der Waals surface area contributed by atoms with Crippen LogP contribution in [0.5, 0.6) is 5.75 Å². The molecule has 6 heteroatoms. The van der Waals surface area contributed by atoms with Crippen LogP contribution in [0.2, 0.25) is 0 Å². The van der Waals surface area contributed by atoms with E-state index in [-0.39, 0.29) is 6.04 Å². The molecule has 0 aliphatic heterocycles. The summed E-state index contributed by atoms with van der Waals surface area (Å²) < 4.78 is 28.3. The Morgan fingerprint density at radius 2 is 2.14 bits per heavy atom. The average Bonchev–Trinajstić information content (AvgIpc) is 3.18. The van der Waals surface area contributed by atoms with Crippen LogP contribution >= 0.6 is 0 Å². The van der Waals surface area contributed by atoms with Crippen LogP contribution in [0.3, 0.4) is 0 Å². The summed E-state index contributed by atoms with van der Waals surface area (Å²) >= 11 is -2.05. The first-order valence-electron chi connectivity index (χ1n) is 7.28. The molecule has 1 N–H and O–H groups in total. The monoisotopic (exact) mass is 312 g/mol. The summed E-state index contributed by atoms with van der Waals surface area (Å²) in [6, 6.07) is 3.48. The van der Waals surface area contributed by atoms with Gasteiger partial charge in [0.15, 0.2) is 0 Å². The van der Waals surface area contributed by atoms with Crippen LogP contribution in [0.25, 0.3) is 0 Å². The fraction of sp³-hybridized carbons (Fsp3) is 0.667. The molecule has 1 heterocycles. The van der Waals surface area contributed by atoms with Gasteiger partial charge in [0, 0.05) is 5.54 Å². The number of nitrogens with zero attached hydrogens (tertiary/aromatic N) is 2. The summed E-state index contributed by atoms with van der Waals surface area (Å²) in [4.78, 5) is 4.38. The van der Waals surface area contributed by atoms with Crippen molar-refractivity contribution in [2.75, 3.05) is 6.61 Å². The molecule has 2 atom stereocenters. The van der Waals surface area contributed by atoms with Crippen molar-refractivity contribution in [2.24, 2.45) is 5.92 Å². The quantitative estimate of drug-likeness (QED) is 0.820. The molecule has 21 heavy (non-hydrogen) atoms. The van der Waals surface area contributed by atoms with E-state index in [0.717, 1.165) is 18.1 Å². The molecule has 0 amide bonds. The number of aromatic nitrogens is 1. The summed E-state index contributed by atoms with van der Waals surface area (Å²) in [7, 11) is 0. The van der Waals surface area contributed by atoms with Crippen LogP contribution in [-0.4, -0.2) is 30.2 Å². The molecule has 1 fully saturated rings. The Morgan fingerprint density at radius 3 is 2.57 bits per heavy atom. The number of ether oxygens (including phenoxy) is 1. The summed E-state index contributed by atoms with van der Waals surface area (Å²) in [5, 5.41) is 0. The van der Waals surface area contributed by atoms with E-state index in [2.05, 4.69) is 4.98 Å². The van der Waals surface area contributed by atoms with E-state index in [4.69, 9.17) is 4.74 Å². The number of rotatable bonds is 6. The molecule has 118 valence electrons. The zero-order valence-electron chi connectivity index (χ0n) is 13.1. The Hall–Kier alpha value is -0.980. The molecule has 0 spiro atoms. The van der Waals surface area contributed by atoms with Crippen LogP contribution in [0.15, 0.2) is 18.3 Å². The normalized spacial score (nSPS) is 18.6. The molecule has 0 radical (unpaired) electrons. The van der Waals surface area contributed by atoms with Crippen LogP contribution in [-0.2, 0) is 11.3 Å². The zero-order valence-corrected chi connectivity index (χ0v) is 13.9. The second-order valence-corrected chi connectivity index (χ2v) is 7.43. The van der Waals surface area contributed by atoms with Gasteiger partial charge in [0.1, 0.15) is 5.75 Å². The standard InChI is InChI=1S/C15H24N2O3S/c1-11(17(21(18)19)15(2,3)4)14-8-7-13(9-16-14)20-10-12-5-6-12/h7-9,11-12H,5-6,10H2,1-4H3,(H,18,19)/t11-/m1/s1. The maximum absolute atomic E-state index is 11.6. The molecule has 1 aromatic rings. The minimum Gasteiger partial charge on any atom is -0.492 e. The second-order valence-electron chi connectivity index (χ2n) is 6.58. The lowest BCUT2D eigenvalue weighted by Gasteiger charge is -2.36. The highest BCUT2D eigenvalue weighted by Crippen LogP contribution is 2.31. The predicted octanol–water partition coefficient (Wildman–Crippen LogP) is 3.17. The van der Waals surface area contributed by atoms with Crippen LogP contribution in [0.1, 0.15) is 52.3 Å². The Labute approximate surface area is 129 Å². The highest BCUT2D eigenvalue weighted by molar-refractivity contribution is 7.76. The number of hydrogen-bond acceptors (Lipinski definition) is 3.